The van der Waals surface area contributed by atoms with E-state index in [9.17, 15) is 24.6 Å². The van der Waals surface area contributed by atoms with Gasteiger partial charge >= 0.3 is 0 Å². The second kappa shape index (κ2) is 14.1. The van der Waals surface area contributed by atoms with Gasteiger partial charge in [-0.05, 0) is 95.5 Å². The Hall–Kier alpha value is -0.130. The van der Waals surface area contributed by atoms with Crippen LogP contribution in [-0.2, 0) is 23.7 Å². The number of benzene rings is 1. The molecule has 0 aromatic heterocycles. The van der Waals surface area contributed by atoms with E-state index < -0.39 is 53.6 Å². The van der Waals surface area contributed by atoms with Crippen molar-refractivity contribution < 1.29 is 43.5 Å². The first-order chi connectivity index (χ1) is 18.6. The van der Waals surface area contributed by atoms with Crippen molar-refractivity contribution in [1.29, 1.82) is 0 Å². The molecule has 0 aliphatic carbocycles. The van der Waals surface area contributed by atoms with Crippen LogP contribution in [0.4, 0.5) is 5.69 Å². The lowest BCUT2D eigenvalue weighted by atomic mass is 10.1. The third-order valence-electron chi connectivity index (χ3n) is 6.14. The van der Waals surface area contributed by atoms with Gasteiger partial charge in [0.25, 0.3) is 11.8 Å². The van der Waals surface area contributed by atoms with Crippen molar-refractivity contribution in [3.05, 3.63) is 21.8 Å². The van der Waals surface area contributed by atoms with Crippen LogP contribution in [0.3, 0.4) is 0 Å². The lowest BCUT2D eigenvalue weighted by Crippen LogP contribution is -2.48. The number of aliphatic hydroxyl groups excluding tert-OH is 2. The molecule has 2 aliphatic rings. The van der Waals surface area contributed by atoms with Crippen molar-refractivity contribution in [2.24, 2.45) is 0 Å². The third kappa shape index (κ3) is 8.49. The van der Waals surface area contributed by atoms with E-state index in [1.165, 1.54) is 0 Å². The topological polar surface area (TPSA) is 165 Å². The normalized spacial score (nSPS) is 26.2. The van der Waals surface area contributed by atoms with Gasteiger partial charge in [-0.3, -0.25) is 14.4 Å². The van der Waals surface area contributed by atoms with Crippen LogP contribution in [0.15, 0.2) is 0 Å². The number of aliphatic hydroxyl groups is 2. The molecule has 0 bridgehead atoms. The fraction of sp³-hybridized carbons (Fsp3) is 0.625. The summed E-state index contributed by atoms with van der Waals surface area (Å²) in [5.74, 6) is -3.95. The number of rotatable bonds is 6. The zero-order valence-corrected chi connectivity index (χ0v) is 29.3. The summed E-state index contributed by atoms with van der Waals surface area (Å²) in [6, 6.07) is -1.61. The molecule has 1 aromatic carbocycles. The highest BCUT2D eigenvalue weighted by molar-refractivity contribution is 14.1. The van der Waals surface area contributed by atoms with Gasteiger partial charge in [-0.25, -0.2) is 0 Å². The van der Waals surface area contributed by atoms with Gasteiger partial charge in [-0.1, -0.05) is 0 Å². The summed E-state index contributed by atoms with van der Waals surface area (Å²) >= 11 is 11.5. The Bertz CT molecular complexity index is 1080. The van der Waals surface area contributed by atoms with Crippen LogP contribution in [0, 0.1) is 10.7 Å². The summed E-state index contributed by atoms with van der Waals surface area (Å²) in [7, 11) is 0. The number of carbonyl (C=O) groups is 3. The molecular weight excluding hydrogens is 890 g/mol. The molecule has 2 fully saturated rings. The molecule has 1 aromatic rings. The minimum absolute atomic E-state index is 0.0153. The van der Waals surface area contributed by atoms with E-state index in [2.05, 4.69) is 16.0 Å². The second-order valence-corrected chi connectivity index (χ2v) is 13.6. The monoisotopic (exact) mass is 921 g/mol. The zero-order chi connectivity index (χ0) is 30.0. The maximum Gasteiger partial charge on any atom is 0.253 e. The fourth-order valence-electron chi connectivity index (χ4n) is 3.79. The van der Waals surface area contributed by atoms with E-state index in [0.717, 1.165) is 0 Å². The number of hydrogen-bond donors (Lipinski definition) is 5. The van der Waals surface area contributed by atoms with Crippen LogP contribution in [-0.4, -0.2) is 96.1 Å². The Morgan fingerprint density at radius 2 is 1.15 bits per heavy atom. The number of anilines is 1. The van der Waals surface area contributed by atoms with E-state index in [-0.39, 0.29) is 49.1 Å². The molecule has 12 nitrogen and oxygen atoms in total. The minimum atomic E-state index is -1.05. The molecule has 2 heterocycles. The molecule has 5 N–H and O–H groups in total. The molecule has 2 saturated heterocycles. The summed E-state index contributed by atoms with van der Waals surface area (Å²) < 4.78 is 23.5. The maximum absolute atomic E-state index is 13.6. The largest absolute Gasteiger partial charge is 0.388 e. The van der Waals surface area contributed by atoms with Gasteiger partial charge in [0.2, 0.25) is 5.91 Å². The lowest BCUT2D eigenvalue weighted by Gasteiger charge is -2.25. The predicted octanol–water partition coefficient (Wildman–Crippen LogP) is 2.16. The first-order valence-corrected chi connectivity index (χ1v) is 15.9. The first kappa shape index (κ1) is 34.4. The molecule has 3 rings (SSSR count). The molecule has 2 aliphatic heterocycles. The van der Waals surface area contributed by atoms with E-state index in [1.54, 1.807) is 27.7 Å². The quantitative estimate of drug-likeness (QED) is 0.213. The highest BCUT2D eigenvalue weighted by Gasteiger charge is 2.36. The molecule has 3 amide bonds. The summed E-state index contributed by atoms with van der Waals surface area (Å²) in [4.78, 5) is 39.6. The number of ether oxygens (including phenoxy) is 4. The number of alkyl halides is 1. The third-order valence-corrected chi connectivity index (χ3v) is 9.62. The Balaban J connectivity index is 2.00. The van der Waals surface area contributed by atoms with Crippen LogP contribution in [0.5, 0.6) is 0 Å². The smallest absolute Gasteiger partial charge is 0.253 e. The standard InChI is InChI=1S/C24H31ClI3N3O9/c1-23(2)37-6-10(12(32)8-39-23)29-21(35)15-17(26)16(19(28)20(18(15)27)31-14(34)5-25)22(36)30-11-7-38-24(3,4)40-9-13(11)33/h10-13,32-33H,5-9H2,1-4H3,(H,29,35)(H,30,36)(H,31,34). The van der Waals surface area contributed by atoms with Crippen molar-refractivity contribution in [2.75, 3.05) is 37.6 Å². The van der Waals surface area contributed by atoms with Crippen molar-refractivity contribution in [2.45, 2.75) is 63.6 Å². The molecule has 4 unspecified atom stereocenters. The van der Waals surface area contributed by atoms with Gasteiger partial charge < -0.3 is 45.1 Å². The van der Waals surface area contributed by atoms with E-state index in [0.29, 0.717) is 10.7 Å². The molecule has 40 heavy (non-hydrogen) atoms. The Morgan fingerprint density at radius 1 is 0.775 bits per heavy atom. The lowest BCUT2D eigenvalue weighted by molar-refractivity contribution is -0.204. The second-order valence-electron chi connectivity index (χ2n) is 10.1. The van der Waals surface area contributed by atoms with Gasteiger partial charge in [0, 0.05) is 3.57 Å². The van der Waals surface area contributed by atoms with Crippen LogP contribution < -0.4 is 16.0 Å². The Morgan fingerprint density at radius 3 is 1.52 bits per heavy atom. The van der Waals surface area contributed by atoms with Crippen molar-refractivity contribution in [1.82, 2.24) is 10.6 Å². The Kier molecular flexibility index (Phi) is 12.1. The van der Waals surface area contributed by atoms with Gasteiger partial charge in [0.1, 0.15) is 5.88 Å². The average Bonchev–Trinajstić information content (AvgIpc) is 3.08. The highest BCUT2D eigenvalue weighted by Crippen LogP contribution is 2.36. The molecular formula is C24H31ClI3N3O9. The number of hydrogen-bond acceptors (Lipinski definition) is 9. The number of carbonyl (C=O) groups excluding carboxylic acids is 3. The maximum atomic E-state index is 13.6. The van der Waals surface area contributed by atoms with Crippen molar-refractivity contribution >= 4 is 103 Å². The molecule has 16 heteroatoms. The summed E-state index contributed by atoms with van der Waals surface area (Å²) in [6.45, 7) is 6.66. The van der Waals surface area contributed by atoms with Crippen molar-refractivity contribution in [3.8, 4) is 0 Å². The van der Waals surface area contributed by atoms with Gasteiger partial charge in [-0.15, -0.1) is 11.6 Å². The Labute approximate surface area is 277 Å². The van der Waals surface area contributed by atoms with Gasteiger partial charge in [0.15, 0.2) is 11.6 Å². The van der Waals surface area contributed by atoms with Crippen LogP contribution >= 0.6 is 79.4 Å². The summed E-state index contributed by atoms with van der Waals surface area (Å²) in [5, 5.41) is 29.4. The minimum Gasteiger partial charge on any atom is -0.388 e. The van der Waals surface area contributed by atoms with E-state index in [4.69, 9.17) is 30.5 Å². The van der Waals surface area contributed by atoms with E-state index >= 15 is 0 Å². The predicted molar refractivity (Wildman–Crippen MR) is 170 cm³/mol. The SMILES string of the molecule is CC1(C)OCC(O)C(NC(=O)c2c(I)c(NC(=O)CCl)c(I)c(C(=O)NC3COC(C)(C)OCC3O)c2I)CO1. The number of halogens is 4. The van der Waals surface area contributed by atoms with Crippen molar-refractivity contribution in [3.63, 3.8) is 0 Å². The van der Waals surface area contributed by atoms with Crippen LogP contribution in [0.1, 0.15) is 48.4 Å². The zero-order valence-electron chi connectivity index (χ0n) is 22.1. The number of nitrogens with one attached hydrogen (secondary N) is 3. The molecule has 0 spiro atoms. The van der Waals surface area contributed by atoms with E-state index in [1.807, 2.05) is 67.8 Å². The van der Waals surface area contributed by atoms with Gasteiger partial charge in [0.05, 0.1) is 74.7 Å². The highest BCUT2D eigenvalue weighted by atomic mass is 127. The van der Waals surface area contributed by atoms with Gasteiger partial charge in [-0.2, -0.15) is 0 Å². The summed E-state index contributed by atoms with van der Waals surface area (Å²) in [5.41, 5.74) is 0.442. The average molecular weight is 922 g/mol. The van der Waals surface area contributed by atoms with Crippen LogP contribution in [0.2, 0.25) is 0 Å². The molecule has 4 atom stereocenters. The summed E-state index contributed by atoms with van der Waals surface area (Å²) in [6.07, 6.45) is -2.10. The molecule has 0 radical (unpaired) electrons. The molecule has 224 valence electrons. The van der Waals surface area contributed by atoms with Crippen LogP contribution in [0.25, 0.3) is 0 Å². The number of amides is 3. The first-order valence-electron chi connectivity index (χ1n) is 12.2. The molecule has 0 saturated carbocycles. The fourth-order valence-corrected chi connectivity index (χ4v) is 8.28.